The van der Waals surface area contributed by atoms with Crippen molar-refractivity contribution in [1.29, 1.82) is 0 Å². The number of aryl methyl sites for hydroxylation is 1. The quantitative estimate of drug-likeness (QED) is 0.347. The number of sulfonamides is 1. The standard InChI is InChI=1S/C25H26N2O4S2/c1-18-14-20(17-32-23-10-5-4-6-11-23)12-13-24(18)26-25(29)16-27(33(3,30)31)22-9-7-8-21(15-22)19(2)28/h4-15H,16-17H2,1-3H3,(H,26,29). The van der Waals surface area contributed by atoms with E-state index in [0.29, 0.717) is 11.3 Å². The molecule has 3 rings (SSSR count). The Morgan fingerprint density at radius 2 is 1.70 bits per heavy atom. The van der Waals surface area contributed by atoms with Crippen molar-refractivity contribution in [2.45, 2.75) is 24.5 Å². The SMILES string of the molecule is CC(=O)c1cccc(N(CC(=O)Nc2ccc(CSc3ccccc3)cc2C)S(C)(=O)=O)c1. The number of hydrogen-bond acceptors (Lipinski definition) is 5. The van der Waals surface area contributed by atoms with E-state index in [0.717, 1.165) is 27.4 Å². The number of Topliss-reactive ketones (excluding diaryl/α,β-unsaturated/α-hetero) is 1. The number of thioether (sulfide) groups is 1. The van der Waals surface area contributed by atoms with E-state index in [1.165, 1.54) is 17.9 Å². The third kappa shape index (κ3) is 6.94. The molecule has 0 bridgehead atoms. The molecule has 0 radical (unpaired) electrons. The third-order valence-electron chi connectivity index (χ3n) is 4.94. The van der Waals surface area contributed by atoms with Crippen molar-refractivity contribution in [2.75, 3.05) is 22.4 Å². The lowest BCUT2D eigenvalue weighted by molar-refractivity contribution is -0.114. The maximum Gasteiger partial charge on any atom is 0.245 e. The van der Waals surface area contributed by atoms with E-state index < -0.39 is 22.5 Å². The summed E-state index contributed by atoms with van der Waals surface area (Å²) >= 11 is 1.73. The van der Waals surface area contributed by atoms with Crippen LogP contribution in [0.4, 0.5) is 11.4 Å². The maximum absolute atomic E-state index is 12.7. The van der Waals surface area contributed by atoms with Gasteiger partial charge in [0.1, 0.15) is 6.54 Å². The summed E-state index contributed by atoms with van der Waals surface area (Å²) in [6.45, 7) is 2.91. The molecule has 0 unspecified atom stereocenters. The molecule has 0 atom stereocenters. The van der Waals surface area contributed by atoms with Gasteiger partial charge < -0.3 is 5.32 Å². The third-order valence-corrected chi connectivity index (χ3v) is 7.17. The van der Waals surface area contributed by atoms with Crippen LogP contribution in [0.15, 0.2) is 77.7 Å². The number of rotatable bonds is 9. The number of amides is 1. The Labute approximate surface area is 199 Å². The number of nitrogens with one attached hydrogen (secondary N) is 1. The molecule has 1 amide bonds. The fourth-order valence-electron chi connectivity index (χ4n) is 3.24. The molecular weight excluding hydrogens is 456 g/mol. The first-order valence-electron chi connectivity index (χ1n) is 10.3. The van der Waals surface area contributed by atoms with E-state index >= 15 is 0 Å². The summed E-state index contributed by atoms with van der Waals surface area (Å²) in [5.74, 6) is 0.145. The summed E-state index contributed by atoms with van der Waals surface area (Å²) in [7, 11) is -3.74. The lowest BCUT2D eigenvalue weighted by Gasteiger charge is -2.22. The van der Waals surface area contributed by atoms with Gasteiger partial charge in [-0.2, -0.15) is 0 Å². The van der Waals surface area contributed by atoms with Crippen LogP contribution in [0.5, 0.6) is 0 Å². The Balaban J connectivity index is 1.70. The van der Waals surface area contributed by atoms with Gasteiger partial charge in [0, 0.05) is 21.9 Å². The summed E-state index contributed by atoms with van der Waals surface area (Å²) < 4.78 is 25.7. The number of hydrogen-bond donors (Lipinski definition) is 1. The Morgan fingerprint density at radius 3 is 2.33 bits per heavy atom. The first kappa shape index (κ1) is 24.5. The lowest BCUT2D eigenvalue weighted by atomic mass is 10.1. The topological polar surface area (TPSA) is 83.6 Å². The van der Waals surface area contributed by atoms with Gasteiger partial charge >= 0.3 is 0 Å². The van der Waals surface area contributed by atoms with Crippen molar-refractivity contribution in [3.8, 4) is 0 Å². The number of anilines is 2. The smallest absolute Gasteiger partial charge is 0.245 e. The van der Waals surface area contributed by atoms with Crippen molar-refractivity contribution < 1.29 is 18.0 Å². The molecule has 8 heteroatoms. The zero-order valence-corrected chi connectivity index (χ0v) is 20.4. The van der Waals surface area contributed by atoms with Crippen LogP contribution in [0.25, 0.3) is 0 Å². The molecule has 33 heavy (non-hydrogen) atoms. The van der Waals surface area contributed by atoms with E-state index in [1.807, 2.05) is 43.3 Å². The summed E-state index contributed by atoms with van der Waals surface area (Å²) in [6, 6.07) is 22.1. The Morgan fingerprint density at radius 1 is 0.970 bits per heavy atom. The lowest BCUT2D eigenvalue weighted by Crippen LogP contribution is -2.37. The number of benzene rings is 3. The minimum Gasteiger partial charge on any atom is -0.324 e. The number of carbonyl (C=O) groups excluding carboxylic acids is 2. The zero-order chi connectivity index (χ0) is 24.0. The molecule has 6 nitrogen and oxygen atoms in total. The second kappa shape index (κ2) is 10.7. The maximum atomic E-state index is 12.7. The van der Waals surface area contributed by atoms with Gasteiger partial charge in [-0.1, -0.05) is 42.5 Å². The predicted molar refractivity (Wildman–Crippen MR) is 134 cm³/mol. The summed E-state index contributed by atoms with van der Waals surface area (Å²) in [4.78, 5) is 25.6. The van der Waals surface area contributed by atoms with Gasteiger partial charge in [0.15, 0.2) is 5.78 Å². The van der Waals surface area contributed by atoms with Gasteiger partial charge in [-0.05, 0) is 55.3 Å². The first-order chi connectivity index (χ1) is 15.6. The predicted octanol–water partition coefficient (Wildman–Crippen LogP) is 4.89. The van der Waals surface area contributed by atoms with Crippen LogP contribution in [0.2, 0.25) is 0 Å². The van der Waals surface area contributed by atoms with Crippen LogP contribution in [-0.4, -0.2) is 32.9 Å². The molecular formula is C25H26N2O4S2. The average molecular weight is 483 g/mol. The van der Waals surface area contributed by atoms with Crippen molar-refractivity contribution in [2.24, 2.45) is 0 Å². The highest BCUT2D eigenvalue weighted by Crippen LogP contribution is 2.25. The molecule has 3 aromatic carbocycles. The van der Waals surface area contributed by atoms with Crippen molar-refractivity contribution in [3.63, 3.8) is 0 Å². The van der Waals surface area contributed by atoms with Crippen molar-refractivity contribution in [3.05, 3.63) is 89.5 Å². The van der Waals surface area contributed by atoms with E-state index in [-0.39, 0.29) is 11.5 Å². The van der Waals surface area contributed by atoms with Crippen molar-refractivity contribution in [1.82, 2.24) is 0 Å². The Bertz CT molecular complexity index is 1260. The second-order valence-corrected chi connectivity index (χ2v) is 10.6. The molecule has 0 aromatic heterocycles. The van der Waals surface area contributed by atoms with Crippen LogP contribution >= 0.6 is 11.8 Å². The van der Waals surface area contributed by atoms with Crippen LogP contribution in [0.3, 0.4) is 0 Å². The largest absolute Gasteiger partial charge is 0.324 e. The highest BCUT2D eigenvalue weighted by Gasteiger charge is 2.22. The summed E-state index contributed by atoms with van der Waals surface area (Å²) in [6.07, 6.45) is 1.03. The molecule has 0 aliphatic heterocycles. The fraction of sp³-hybridized carbons (Fsp3) is 0.200. The van der Waals surface area contributed by atoms with E-state index in [4.69, 9.17) is 0 Å². The number of ketones is 1. The zero-order valence-electron chi connectivity index (χ0n) is 18.7. The Hall–Kier alpha value is -3.10. The number of nitrogens with zero attached hydrogens (tertiary/aromatic N) is 1. The molecule has 0 aliphatic rings. The first-order valence-corrected chi connectivity index (χ1v) is 13.1. The van der Waals surface area contributed by atoms with Gasteiger partial charge in [-0.25, -0.2) is 8.42 Å². The molecule has 172 valence electrons. The molecule has 3 aromatic rings. The van der Waals surface area contributed by atoms with Gasteiger partial charge in [-0.3, -0.25) is 13.9 Å². The molecule has 0 saturated heterocycles. The molecule has 0 spiro atoms. The van der Waals surface area contributed by atoms with Crippen LogP contribution < -0.4 is 9.62 Å². The highest BCUT2D eigenvalue weighted by atomic mass is 32.2. The molecule has 0 saturated carbocycles. The van der Waals surface area contributed by atoms with E-state index in [2.05, 4.69) is 17.4 Å². The Kier molecular flexibility index (Phi) is 7.94. The molecule has 0 fully saturated rings. The van der Waals surface area contributed by atoms with Gasteiger partial charge in [-0.15, -0.1) is 11.8 Å². The normalized spacial score (nSPS) is 11.1. The second-order valence-electron chi connectivity index (χ2n) is 7.68. The highest BCUT2D eigenvalue weighted by molar-refractivity contribution is 7.98. The van der Waals surface area contributed by atoms with Crippen LogP contribution in [0, 0.1) is 6.92 Å². The monoisotopic (exact) mass is 482 g/mol. The molecule has 1 N–H and O–H groups in total. The molecule has 0 aliphatic carbocycles. The van der Waals surface area contributed by atoms with E-state index in [9.17, 15) is 18.0 Å². The average Bonchev–Trinajstić information content (AvgIpc) is 2.77. The van der Waals surface area contributed by atoms with E-state index in [1.54, 1.807) is 30.0 Å². The summed E-state index contributed by atoms with van der Waals surface area (Å²) in [5, 5.41) is 2.80. The number of carbonyl (C=O) groups is 2. The minimum absolute atomic E-state index is 0.184. The van der Waals surface area contributed by atoms with Gasteiger partial charge in [0.05, 0.1) is 11.9 Å². The minimum atomic E-state index is -3.74. The van der Waals surface area contributed by atoms with Gasteiger partial charge in [0.2, 0.25) is 15.9 Å². The summed E-state index contributed by atoms with van der Waals surface area (Å²) in [5.41, 5.74) is 3.28. The van der Waals surface area contributed by atoms with Crippen LogP contribution in [-0.2, 0) is 20.6 Å². The fourth-order valence-corrected chi connectivity index (χ4v) is 4.95. The van der Waals surface area contributed by atoms with Gasteiger partial charge in [0.25, 0.3) is 0 Å². The van der Waals surface area contributed by atoms with Crippen LogP contribution in [0.1, 0.15) is 28.4 Å². The van der Waals surface area contributed by atoms with Crippen molar-refractivity contribution >= 4 is 44.9 Å². The molecule has 0 heterocycles.